The molecule has 1 unspecified atom stereocenters. The highest BCUT2D eigenvalue weighted by Gasteiger charge is 2.27. The lowest BCUT2D eigenvalue weighted by molar-refractivity contribution is 0.225. The van der Waals surface area contributed by atoms with Crippen molar-refractivity contribution < 1.29 is 4.74 Å². The van der Waals surface area contributed by atoms with Gasteiger partial charge in [0.1, 0.15) is 11.9 Å². The van der Waals surface area contributed by atoms with Crippen molar-refractivity contribution in [3.05, 3.63) is 50.4 Å². The molecular weight excluding hydrogens is 395 g/mol. The van der Waals surface area contributed by atoms with Crippen molar-refractivity contribution in [2.75, 3.05) is 18.0 Å². The van der Waals surface area contributed by atoms with E-state index in [1.165, 1.54) is 21.9 Å². The Morgan fingerprint density at radius 2 is 2.15 bits per heavy atom. The van der Waals surface area contributed by atoms with Crippen molar-refractivity contribution in [3.63, 3.8) is 0 Å². The number of aryl methyl sites for hydroxylation is 1. The standard InChI is InChI=1S/C17H16Cl2N4O2S/c1-2-10-7-15(24)23-16(20-10)26-17(21-23)22-6-5-12(9-22)25-11-3-4-13(18)14(19)8-11/h3-4,7-8,12H,2,5-6,9H2,1H3. The van der Waals surface area contributed by atoms with Gasteiger partial charge in [-0.2, -0.15) is 4.52 Å². The van der Waals surface area contributed by atoms with Crippen LogP contribution in [0.1, 0.15) is 19.0 Å². The van der Waals surface area contributed by atoms with Crippen LogP contribution in [0.5, 0.6) is 5.75 Å². The molecule has 0 amide bonds. The molecule has 0 saturated carbocycles. The van der Waals surface area contributed by atoms with Crippen LogP contribution in [0.4, 0.5) is 5.13 Å². The number of halogens is 2. The second-order valence-corrected chi connectivity index (χ2v) is 7.82. The molecule has 26 heavy (non-hydrogen) atoms. The maximum absolute atomic E-state index is 12.2. The highest BCUT2D eigenvalue weighted by molar-refractivity contribution is 7.20. The van der Waals surface area contributed by atoms with Crippen LogP contribution in [0.25, 0.3) is 4.96 Å². The summed E-state index contributed by atoms with van der Waals surface area (Å²) in [5.41, 5.74) is 0.643. The Balaban J connectivity index is 1.51. The lowest BCUT2D eigenvalue weighted by Crippen LogP contribution is -2.25. The van der Waals surface area contributed by atoms with Gasteiger partial charge in [0.05, 0.1) is 16.6 Å². The first-order valence-corrected chi connectivity index (χ1v) is 9.87. The molecule has 2 aromatic heterocycles. The highest BCUT2D eigenvalue weighted by Crippen LogP contribution is 2.30. The molecule has 0 spiro atoms. The maximum Gasteiger partial charge on any atom is 0.275 e. The quantitative estimate of drug-likeness (QED) is 0.656. The number of anilines is 1. The van der Waals surface area contributed by atoms with E-state index < -0.39 is 0 Å². The Kier molecular flexibility index (Phi) is 4.77. The van der Waals surface area contributed by atoms with Gasteiger partial charge in [0.2, 0.25) is 10.1 Å². The van der Waals surface area contributed by atoms with Gasteiger partial charge in [0, 0.05) is 30.8 Å². The van der Waals surface area contributed by atoms with E-state index in [1.807, 2.05) is 13.0 Å². The number of hydrogen-bond donors (Lipinski definition) is 0. The second kappa shape index (κ2) is 7.06. The highest BCUT2D eigenvalue weighted by atomic mass is 35.5. The lowest BCUT2D eigenvalue weighted by atomic mass is 10.3. The van der Waals surface area contributed by atoms with Gasteiger partial charge in [0.25, 0.3) is 5.56 Å². The van der Waals surface area contributed by atoms with Crippen LogP contribution in [0.2, 0.25) is 10.0 Å². The number of fused-ring (bicyclic) bond motifs is 1. The van der Waals surface area contributed by atoms with Crippen molar-refractivity contribution >= 4 is 44.6 Å². The molecule has 4 rings (SSSR count). The van der Waals surface area contributed by atoms with Crippen LogP contribution in [-0.4, -0.2) is 33.8 Å². The molecule has 1 aliphatic rings. The predicted octanol–water partition coefficient (Wildman–Crippen LogP) is 3.68. The van der Waals surface area contributed by atoms with E-state index in [-0.39, 0.29) is 11.7 Å². The van der Waals surface area contributed by atoms with Gasteiger partial charge in [-0.3, -0.25) is 4.79 Å². The van der Waals surface area contributed by atoms with Gasteiger partial charge < -0.3 is 9.64 Å². The Morgan fingerprint density at radius 3 is 2.92 bits per heavy atom. The molecule has 0 N–H and O–H groups in total. The molecule has 0 aliphatic carbocycles. The molecule has 1 atom stereocenters. The smallest absolute Gasteiger partial charge is 0.275 e. The average Bonchev–Trinajstić information content (AvgIpc) is 3.25. The van der Waals surface area contributed by atoms with E-state index in [9.17, 15) is 4.79 Å². The van der Waals surface area contributed by atoms with E-state index in [2.05, 4.69) is 15.0 Å². The Labute approximate surface area is 163 Å². The van der Waals surface area contributed by atoms with E-state index in [0.717, 1.165) is 30.2 Å². The largest absolute Gasteiger partial charge is 0.488 e. The molecule has 3 heterocycles. The second-order valence-electron chi connectivity index (χ2n) is 6.07. The van der Waals surface area contributed by atoms with E-state index in [0.29, 0.717) is 27.3 Å². The SMILES string of the molecule is CCc1cc(=O)n2nc(N3CCC(Oc4ccc(Cl)c(Cl)c4)C3)sc2n1. The molecule has 1 aliphatic heterocycles. The van der Waals surface area contributed by atoms with Crippen molar-refractivity contribution in [1.82, 2.24) is 14.6 Å². The number of nitrogens with zero attached hydrogens (tertiary/aromatic N) is 4. The zero-order chi connectivity index (χ0) is 18.3. The molecule has 9 heteroatoms. The van der Waals surface area contributed by atoms with Gasteiger partial charge in [-0.1, -0.05) is 41.5 Å². The zero-order valence-corrected chi connectivity index (χ0v) is 16.3. The Morgan fingerprint density at radius 1 is 1.31 bits per heavy atom. The Bertz CT molecular complexity index is 1020. The summed E-state index contributed by atoms with van der Waals surface area (Å²) in [6, 6.07) is 6.80. The summed E-state index contributed by atoms with van der Waals surface area (Å²) in [7, 11) is 0. The van der Waals surface area contributed by atoms with E-state index in [4.69, 9.17) is 27.9 Å². The summed E-state index contributed by atoms with van der Waals surface area (Å²) < 4.78 is 7.37. The molecule has 1 saturated heterocycles. The average molecular weight is 411 g/mol. The van der Waals surface area contributed by atoms with Crippen molar-refractivity contribution in [1.29, 1.82) is 0 Å². The van der Waals surface area contributed by atoms with E-state index >= 15 is 0 Å². The third-order valence-electron chi connectivity index (χ3n) is 4.26. The number of rotatable bonds is 4. The minimum Gasteiger partial charge on any atom is -0.488 e. The molecule has 0 radical (unpaired) electrons. The zero-order valence-electron chi connectivity index (χ0n) is 14.0. The molecular formula is C17H16Cl2N4O2S. The minimum atomic E-state index is -0.142. The molecule has 3 aromatic rings. The number of ether oxygens (including phenoxy) is 1. The monoisotopic (exact) mass is 410 g/mol. The summed E-state index contributed by atoms with van der Waals surface area (Å²) >= 11 is 13.4. The first-order chi connectivity index (χ1) is 12.5. The van der Waals surface area contributed by atoms with Crippen LogP contribution in [0.15, 0.2) is 29.1 Å². The van der Waals surface area contributed by atoms with Crippen molar-refractivity contribution in [2.24, 2.45) is 0 Å². The summed E-state index contributed by atoms with van der Waals surface area (Å²) in [4.78, 5) is 19.4. The van der Waals surface area contributed by atoms with Crippen molar-refractivity contribution in [3.8, 4) is 5.75 Å². The summed E-state index contributed by atoms with van der Waals surface area (Å²) in [5, 5.41) is 6.19. The summed E-state index contributed by atoms with van der Waals surface area (Å²) in [5.74, 6) is 0.695. The third-order valence-corrected chi connectivity index (χ3v) is 5.97. The fraction of sp³-hybridized carbons (Fsp3) is 0.353. The van der Waals surface area contributed by atoms with Gasteiger partial charge in [-0.05, 0) is 18.6 Å². The first kappa shape index (κ1) is 17.6. The normalized spacial score (nSPS) is 17.2. The van der Waals surface area contributed by atoms with Crippen LogP contribution >= 0.6 is 34.5 Å². The van der Waals surface area contributed by atoms with Crippen LogP contribution in [0, 0.1) is 0 Å². The predicted molar refractivity (Wildman–Crippen MR) is 104 cm³/mol. The van der Waals surface area contributed by atoms with Crippen LogP contribution in [0.3, 0.4) is 0 Å². The third kappa shape index (κ3) is 3.39. The van der Waals surface area contributed by atoms with Crippen molar-refractivity contribution in [2.45, 2.75) is 25.9 Å². The number of hydrogen-bond acceptors (Lipinski definition) is 6. The van der Waals surface area contributed by atoms with Gasteiger partial charge in [-0.15, -0.1) is 5.10 Å². The number of aromatic nitrogens is 3. The molecule has 1 fully saturated rings. The fourth-order valence-corrected chi connectivity index (χ4v) is 4.14. The minimum absolute atomic E-state index is 0.0233. The molecule has 0 bridgehead atoms. The maximum atomic E-state index is 12.2. The molecule has 6 nitrogen and oxygen atoms in total. The lowest BCUT2D eigenvalue weighted by Gasteiger charge is -2.16. The molecule has 1 aromatic carbocycles. The number of benzene rings is 1. The Hall–Kier alpha value is -1.83. The van der Waals surface area contributed by atoms with Gasteiger partial charge in [0.15, 0.2) is 0 Å². The van der Waals surface area contributed by atoms with Crippen LogP contribution in [-0.2, 0) is 6.42 Å². The van der Waals surface area contributed by atoms with Gasteiger partial charge in [-0.25, -0.2) is 4.98 Å². The first-order valence-electron chi connectivity index (χ1n) is 8.30. The summed E-state index contributed by atoms with van der Waals surface area (Å²) in [6.07, 6.45) is 1.61. The summed E-state index contributed by atoms with van der Waals surface area (Å²) in [6.45, 7) is 3.47. The topological polar surface area (TPSA) is 59.7 Å². The van der Waals surface area contributed by atoms with Crippen LogP contribution < -0.4 is 15.2 Å². The molecule has 136 valence electrons. The van der Waals surface area contributed by atoms with Gasteiger partial charge >= 0.3 is 0 Å². The van der Waals surface area contributed by atoms with E-state index in [1.54, 1.807) is 12.1 Å². The fourth-order valence-electron chi connectivity index (χ4n) is 2.90.